The Morgan fingerprint density at radius 2 is 0.875 bits per heavy atom. The second-order valence-corrected chi connectivity index (χ2v) is 1.39. The molecule has 0 atom stereocenters. The van der Waals surface area contributed by atoms with E-state index in [0.29, 0.717) is 0 Å². The third kappa shape index (κ3) is 17.7. The Labute approximate surface area is 140 Å². The van der Waals surface area contributed by atoms with E-state index in [1.54, 1.807) is 0 Å². The van der Waals surface area contributed by atoms with Crippen LogP contribution in [-0.4, -0.2) is 26.6 Å². The van der Waals surface area contributed by atoms with E-state index in [4.69, 9.17) is 0 Å². The van der Waals surface area contributed by atoms with E-state index in [9.17, 15) is 29.7 Å². The Bertz CT molecular complexity index is 169. The summed E-state index contributed by atoms with van der Waals surface area (Å²) in [5.74, 6) is -3.91. The molecule has 0 aromatic carbocycles. The van der Waals surface area contributed by atoms with Gasteiger partial charge in [-0.05, 0) is 0 Å². The molecule has 0 heterocycles. The van der Waals surface area contributed by atoms with Crippen LogP contribution < -0.4 is 95.5 Å². The Morgan fingerprint density at radius 3 is 1.00 bits per heavy atom. The number of carbonyl (C=O) groups excluding carboxylic acids is 2. The Balaban J connectivity index is -0.000000101. The molecule has 16 heavy (non-hydrogen) atoms. The van der Waals surface area contributed by atoms with Crippen LogP contribution in [0.4, 0.5) is 0 Å². The summed E-state index contributed by atoms with van der Waals surface area (Å²) in [5, 5.41) is 38.3. The summed E-state index contributed by atoms with van der Waals surface area (Å²) >= 11 is 0. The molecule has 8 nitrogen and oxygen atoms in total. The van der Waals surface area contributed by atoms with Gasteiger partial charge in [0.25, 0.3) is 0 Å². The Morgan fingerprint density at radius 1 is 0.688 bits per heavy atom. The van der Waals surface area contributed by atoms with Gasteiger partial charge in [-0.3, -0.25) is 0 Å². The average Bonchev–Trinajstić information content (AvgIpc) is 1.84. The number of hydrogen-bond acceptors (Lipinski definition) is 8. The third-order valence-electron chi connectivity index (χ3n) is 0.573. The predicted octanol–water partition coefficient (Wildman–Crippen LogP) is -18.5. The van der Waals surface area contributed by atoms with E-state index >= 15 is 0 Å². The van der Waals surface area contributed by atoms with Crippen molar-refractivity contribution in [3.8, 4) is 0 Å². The van der Waals surface area contributed by atoms with Crippen molar-refractivity contribution in [3.63, 3.8) is 0 Å². The fraction of sp³-hybridized carbons (Fsp3) is 0. The Kier molecular flexibility index (Phi) is 31.0. The molecule has 0 saturated heterocycles. The van der Waals surface area contributed by atoms with E-state index in [2.05, 4.69) is 9.31 Å². The maximum Gasteiger partial charge on any atom is 1.00 e. The van der Waals surface area contributed by atoms with Gasteiger partial charge in [0.05, 0.1) is 0 Å². The number of hydrogen-bond donors (Lipinski definition) is 0. The van der Waals surface area contributed by atoms with Crippen molar-refractivity contribution in [2.75, 3.05) is 0 Å². The molecule has 0 N–H and O–H groups in total. The summed E-state index contributed by atoms with van der Waals surface area (Å²) in [5.41, 5.74) is 0. The molecule has 0 amide bonds. The minimum Gasteiger partial charge on any atom is -0.860 e. The van der Waals surface area contributed by atoms with Crippen LogP contribution in [0, 0.1) is 0 Å². The first-order valence-electron chi connectivity index (χ1n) is 2.48. The molecule has 14 heteroatoms. The molecule has 0 radical (unpaired) electrons. The van der Waals surface area contributed by atoms with Crippen molar-refractivity contribution in [2.24, 2.45) is 0 Å². The smallest absolute Gasteiger partial charge is 0.860 e. The molecule has 66 valence electrons. The molecule has 0 bridgehead atoms. The van der Waals surface area contributed by atoms with Crippen molar-refractivity contribution in [3.05, 3.63) is 0 Å². The summed E-state index contributed by atoms with van der Waals surface area (Å²) in [4.78, 5) is 20.2. The topological polar surface area (TPSA) is 145 Å². The van der Waals surface area contributed by atoms with E-state index in [0.717, 1.165) is 0 Å². The second-order valence-electron chi connectivity index (χ2n) is 1.39. The molecule has 0 fully saturated rings. The van der Waals surface area contributed by atoms with E-state index in [1.807, 2.05) is 0 Å². The summed E-state index contributed by atoms with van der Waals surface area (Å²) in [6.45, 7) is 0. The van der Waals surface area contributed by atoms with Crippen LogP contribution in [-0.2, 0) is 18.9 Å². The SMILES string of the molecule is O=C(OB([O-])[O-])C(=O)OB([O-])[O-].[Li+].[Li+].[Li+].[Li+]. The van der Waals surface area contributed by atoms with Gasteiger partial charge in [-0.2, -0.15) is 0 Å². The monoisotopic (exact) mass is 202 g/mol. The molecule has 0 aliphatic carbocycles. The van der Waals surface area contributed by atoms with Crippen molar-refractivity contribution in [1.29, 1.82) is 0 Å². The van der Waals surface area contributed by atoms with Gasteiger partial charge < -0.3 is 29.4 Å². The standard InChI is InChI=1S/C2B2O8.4Li/c5-1(11-3(7)8)2(6)12-4(9)10;;;;/q-4;4*+1. The molecule has 0 rings (SSSR count). The summed E-state index contributed by atoms with van der Waals surface area (Å²) in [7, 11) is -6.00. The zero-order valence-electron chi connectivity index (χ0n) is 9.42. The van der Waals surface area contributed by atoms with Gasteiger partial charge in [-0.1, -0.05) is 0 Å². The van der Waals surface area contributed by atoms with Gasteiger partial charge in [-0.15, -0.1) is 0 Å². The normalized spacial score (nSPS) is 6.50. The van der Waals surface area contributed by atoms with Crippen LogP contribution in [0.5, 0.6) is 0 Å². The maximum atomic E-state index is 10.1. The van der Waals surface area contributed by atoms with Crippen molar-refractivity contribution < 1.29 is 114 Å². The summed E-state index contributed by atoms with van der Waals surface area (Å²) in [6, 6.07) is 0. The van der Waals surface area contributed by atoms with Crippen LogP contribution in [0.2, 0.25) is 0 Å². The van der Waals surface area contributed by atoms with Gasteiger partial charge in [0.15, 0.2) is 0 Å². The van der Waals surface area contributed by atoms with Crippen molar-refractivity contribution in [1.82, 2.24) is 0 Å². The van der Waals surface area contributed by atoms with Gasteiger partial charge in [0, 0.05) is 0 Å². The van der Waals surface area contributed by atoms with Crippen molar-refractivity contribution in [2.45, 2.75) is 0 Å². The van der Waals surface area contributed by atoms with Crippen LogP contribution in [0.1, 0.15) is 0 Å². The summed E-state index contributed by atoms with van der Waals surface area (Å²) < 4.78 is 6.42. The predicted molar refractivity (Wildman–Crippen MR) is 23.7 cm³/mol. The molecule has 0 spiro atoms. The summed E-state index contributed by atoms with van der Waals surface area (Å²) in [6.07, 6.45) is 0. The molecule has 0 aliphatic rings. The second kappa shape index (κ2) is 16.3. The van der Waals surface area contributed by atoms with Crippen LogP contribution in [0.25, 0.3) is 0 Å². The molecule has 0 aromatic rings. The van der Waals surface area contributed by atoms with E-state index in [-0.39, 0.29) is 75.4 Å². The Hall–Kier alpha value is 1.30. The zero-order valence-corrected chi connectivity index (χ0v) is 9.42. The molecule has 0 aliphatic heterocycles. The van der Waals surface area contributed by atoms with E-state index in [1.165, 1.54) is 0 Å². The fourth-order valence-corrected chi connectivity index (χ4v) is 0.271. The van der Waals surface area contributed by atoms with Gasteiger partial charge in [0.1, 0.15) is 14.6 Å². The zero-order chi connectivity index (χ0) is 9.72. The molecule has 0 saturated carbocycles. The first kappa shape index (κ1) is 30.4. The van der Waals surface area contributed by atoms with Crippen molar-refractivity contribution >= 4 is 26.6 Å². The molecular weight excluding hydrogens is 201 g/mol. The number of rotatable bonds is 2. The van der Waals surface area contributed by atoms with Crippen LogP contribution in [0.3, 0.4) is 0 Å². The molecule has 0 aromatic heterocycles. The molecular formula is C2B2Li4O8. The largest absolute Gasteiger partial charge is 1.00 e. The number of carbonyl (C=O) groups is 2. The van der Waals surface area contributed by atoms with E-state index < -0.39 is 26.6 Å². The molecule has 0 unspecified atom stereocenters. The average molecular weight is 201 g/mol. The maximum absolute atomic E-state index is 10.1. The fourth-order valence-electron chi connectivity index (χ4n) is 0.271. The van der Waals surface area contributed by atoms with Crippen LogP contribution in [0.15, 0.2) is 0 Å². The van der Waals surface area contributed by atoms with Gasteiger partial charge in [-0.25, -0.2) is 9.59 Å². The van der Waals surface area contributed by atoms with Crippen LogP contribution >= 0.6 is 0 Å². The first-order valence-corrected chi connectivity index (χ1v) is 2.48. The third-order valence-corrected chi connectivity index (χ3v) is 0.573. The quantitative estimate of drug-likeness (QED) is 0.316. The minimum absolute atomic E-state index is 0. The first-order chi connectivity index (χ1) is 5.43. The van der Waals surface area contributed by atoms with Gasteiger partial charge >= 0.3 is 87.4 Å². The minimum atomic E-state index is -3.00. The van der Waals surface area contributed by atoms with Gasteiger partial charge in [0.2, 0.25) is 0 Å².